The highest BCUT2D eigenvalue weighted by molar-refractivity contribution is 5.67. The summed E-state index contributed by atoms with van der Waals surface area (Å²) in [4.78, 5) is 14.7. The summed E-state index contributed by atoms with van der Waals surface area (Å²) in [5.41, 5.74) is 6.15. The van der Waals surface area contributed by atoms with Crippen molar-refractivity contribution in [2.45, 2.75) is 12.3 Å². The number of aromatic nitrogens is 1. The molecule has 0 amide bonds. The molecular weight excluding hydrogens is 196 g/mol. The number of carbonyl (C=O) groups is 1. The van der Waals surface area contributed by atoms with E-state index in [0.29, 0.717) is 11.6 Å². The van der Waals surface area contributed by atoms with Gasteiger partial charge in [0.1, 0.15) is 0 Å². The summed E-state index contributed by atoms with van der Waals surface area (Å²) in [7, 11) is 1.51. The Balaban J connectivity index is 2.85. The smallest absolute Gasteiger partial charge is 0.304 e. The molecule has 1 aromatic heterocycles. The molecule has 5 nitrogen and oxygen atoms in total. The molecule has 15 heavy (non-hydrogen) atoms. The Bertz CT molecular complexity index is 341. The first-order valence-corrected chi connectivity index (χ1v) is 4.60. The van der Waals surface area contributed by atoms with Gasteiger partial charge in [0.2, 0.25) is 5.88 Å². The zero-order chi connectivity index (χ0) is 11.3. The highest BCUT2D eigenvalue weighted by Gasteiger charge is 2.15. The van der Waals surface area contributed by atoms with Crippen molar-refractivity contribution < 1.29 is 14.6 Å². The van der Waals surface area contributed by atoms with E-state index in [1.807, 2.05) is 0 Å². The van der Waals surface area contributed by atoms with E-state index in [0.717, 1.165) is 0 Å². The Kier molecular flexibility index (Phi) is 4.05. The van der Waals surface area contributed by atoms with Crippen LogP contribution in [-0.2, 0) is 4.79 Å². The summed E-state index contributed by atoms with van der Waals surface area (Å²) < 4.78 is 4.96. The van der Waals surface area contributed by atoms with Crippen LogP contribution in [0.3, 0.4) is 0 Å². The van der Waals surface area contributed by atoms with Crippen LogP contribution in [0.2, 0.25) is 0 Å². The van der Waals surface area contributed by atoms with E-state index >= 15 is 0 Å². The van der Waals surface area contributed by atoms with Crippen molar-refractivity contribution in [2.75, 3.05) is 13.7 Å². The molecule has 0 aliphatic heterocycles. The van der Waals surface area contributed by atoms with E-state index in [1.165, 1.54) is 7.11 Å². The molecule has 0 fully saturated rings. The van der Waals surface area contributed by atoms with Crippen LogP contribution in [0, 0.1) is 0 Å². The number of ether oxygens (including phenoxy) is 1. The lowest BCUT2D eigenvalue weighted by Crippen LogP contribution is -2.17. The Labute approximate surface area is 87.9 Å². The highest BCUT2D eigenvalue weighted by Crippen LogP contribution is 2.18. The Morgan fingerprint density at radius 2 is 2.40 bits per heavy atom. The summed E-state index contributed by atoms with van der Waals surface area (Å²) in [6.45, 7) is 0.256. The topological polar surface area (TPSA) is 85.4 Å². The number of hydrogen-bond donors (Lipinski definition) is 2. The zero-order valence-corrected chi connectivity index (χ0v) is 8.51. The summed E-state index contributed by atoms with van der Waals surface area (Å²) in [6, 6.07) is 5.23. The summed E-state index contributed by atoms with van der Waals surface area (Å²) in [5.74, 6) is -0.677. The fraction of sp³-hybridized carbons (Fsp3) is 0.400. The van der Waals surface area contributed by atoms with Crippen LogP contribution < -0.4 is 10.5 Å². The molecule has 1 unspecified atom stereocenters. The maximum Gasteiger partial charge on any atom is 0.304 e. The van der Waals surface area contributed by atoms with Crippen LogP contribution in [0.15, 0.2) is 18.2 Å². The fourth-order valence-corrected chi connectivity index (χ4v) is 1.29. The Hall–Kier alpha value is -1.62. The zero-order valence-electron chi connectivity index (χ0n) is 8.51. The van der Waals surface area contributed by atoms with Crippen LogP contribution in [-0.4, -0.2) is 29.7 Å². The van der Waals surface area contributed by atoms with Crippen molar-refractivity contribution >= 4 is 5.97 Å². The molecule has 1 atom stereocenters. The van der Waals surface area contributed by atoms with E-state index in [2.05, 4.69) is 4.98 Å². The maximum atomic E-state index is 10.6. The predicted molar refractivity (Wildman–Crippen MR) is 54.8 cm³/mol. The second-order valence-corrected chi connectivity index (χ2v) is 3.14. The van der Waals surface area contributed by atoms with Gasteiger partial charge in [-0.15, -0.1) is 0 Å². The molecule has 1 heterocycles. The molecule has 1 rings (SSSR count). The fourth-order valence-electron chi connectivity index (χ4n) is 1.29. The number of rotatable bonds is 5. The van der Waals surface area contributed by atoms with E-state index in [4.69, 9.17) is 15.6 Å². The van der Waals surface area contributed by atoms with Gasteiger partial charge in [-0.25, -0.2) is 4.98 Å². The second-order valence-electron chi connectivity index (χ2n) is 3.14. The molecule has 0 saturated heterocycles. The summed E-state index contributed by atoms with van der Waals surface area (Å²) in [6.07, 6.45) is -0.0172. The molecule has 0 aliphatic rings. The number of carboxylic acids is 1. The number of hydrogen-bond acceptors (Lipinski definition) is 4. The van der Waals surface area contributed by atoms with Crippen molar-refractivity contribution in [1.29, 1.82) is 0 Å². The molecule has 0 aliphatic carbocycles. The van der Waals surface area contributed by atoms with Crippen molar-refractivity contribution in [3.63, 3.8) is 0 Å². The minimum Gasteiger partial charge on any atom is -0.481 e. The van der Waals surface area contributed by atoms with Gasteiger partial charge in [0.05, 0.1) is 13.5 Å². The Morgan fingerprint density at radius 3 is 2.93 bits per heavy atom. The quantitative estimate of drug-likeness (QED) is 0.743. The monoisotopic (exact) mass is 210 g/mol. The maximum absolute atomic E-state index is 10.6. The molecule has 3 N–H and O–H groups in total. The Morgan fingerprint density at radius 1 is 1.67 bits per heavy atom. The second kappa shape index (κ2) is 5.31. The lowest BCUT2D eigenvalue weighted by molar-refractivity contribution is -0.137. The minimum atomic E-state index is -0.880. The van der Waals surface area contributed by atoms with Crippen molar-refractivity contribution in [2.24, 2.45) is 5.73 Å². The molecule has 1 aromatic rings. The van der Waals surface area contributed by atoms with Gasteiger partial charge in [0, 0.05) is 24.2 Å². The number of nitrogens with two attached hydrogens (primary N) is 1. The number of carboxylic acid groups (broad SMARTS) is 1. The third-order valence-corrected chi connectivity index (χ3v) is 2.08. The number of aliphatic carboxylic acids is 1. The standard InChI is InChI=1S/C10H14N2O3/c1-15-9-4-2-3-8(12-9)7(6-11)5-10(13)14/h2-4,7H,5-6,11H2,1H3,(H,13,14). The number of pyridine rings is 1. The number of methoxy groups -OCH3 is 1. The average Bonchev–Trinajstić information content (AvgIpc) is 2.25. The van der Waals surface area contributed by atoms with E-state index in [-0.39, 0.29) is 18.9 Å². The van der Waals surface area contributed by atoms with E-state index < -0.39 is 5.97 Å². The molecule has 5 heteroatoms. The van der Waals surface area contributed by atoms with Crippen LogP contribution in [0.4, 0.5) is 0 Å². The van der Waals surface area contributed by atoms with Gasteiger partial charge in [-0.1, -0.05) is 6.07 Å². The first-order valence-electron chi connectivity index (χ1n) is 4.60. The highest BCUT2D eigenvalue weighted by atomic mass is 16.5. The van der Waals surface area contributed by atoms with Gasteiger partial charge < -0.3 is 15.6 Å². The molecule has 0 bridgehead atoms. The minimum absolute atomic E-state index is 0.0172. The first kappa shape index (κ1) is 11.5. The lowest BCUT2D eigenvalue weighted by atomic mass is 10.0. The predicted octanol–water partition coefficient (Wildman–Crippen LogP) is 0.607. The number of nitrogens with zero attached hydrogens (tertiary/aromatic N) is 1. The molecule has 0 spiro atoms. The normalized spacial score (nSPS) is 12.1. The van der Waals surface area contributed by atoms with Crippen molar-refractivity contribution in [1.82, 2.24) is 4.98 Å². The van der Waals surface area contributed by atoms with Crippen LogP contribution in [0.1, 0.15) is 18.0 Å². The van der Waals surface area contributed by atoms with E-state index in [9.17, 15) is 4.79 Å². The third kappa shape index (κ3) is 3.21. The van der Waals surface area contributed by atoms with Gasteiger partial charge in [-0.05, 0) is 6.07 Å². The molecule has 0 radical (unpaired) electrons. The average molecular weight is 210 g/mol. The van der Waals surface area contributed by atoms with Crippen molar-refractivity contribution in [3.05, 3.63) is 23.9 Å². The van der Waals surface area contributed by atoms with Crippen LogP contribution in [0.25, 0.3) is 0 Å². The molecule has 82 valence electrons. The first-order chi connectivity index (χ1) is 7.17. The SMILES string of the molecule is COc1cccc(C(CN)CC(=O)O)n1. The van der Waals surface area contributed by atoms with E-state index in [1.54, 1.807) is 18.2 Å². The molecule has 0 saturated carbocycles. The summed E-state index contributed by atoms with van der Waals surface area (Å²) >= 11 is 0. The third-order valence-electron chi connectivity index (χ3n) is 2.08. The lowest BCUT2D eigenvalue weighted by Gasteiger charge is -2.12. The van der Waals surface area contributed by atoms with Crippen molar-refractivity contribution in [3.8, 4) is 5.88 Å². The van der Waals surface area contributed by atoms with Gasteiger partial charge in [0.25, 0.3) is 0 Å². The molecule has 0 aromatic carbocycles. The van der Waals surface area contributed by atoms with Gasteiger partial charge in [-0.2, -0.15) is 0 Å². The van der Waals surface area contributed by atoms with Gasteiger partial charge in [0.15, 0.2) is 0 Å². The largest absolute Gasteiger partial charge is 0.481 e. The van der Waals surface area contributed by atoms with Crippen LogP contribution >= 0.6 is 0 Å². The van der Waals surface area contributed by atoms with Gasteiger partial charge >= 0.3 is 5.97 Å². The van der Waals surface area contributed by atoms with Gasteiger partial charge in [-0.3, -0.25) is 4.79 Å². The molecular formula is C10H14N2O3. The van der Waals surface area contributed by atoms with Crippen LogP contribution in [0.5, 0.6) is 5.88 Å². The summed E-state index contributed by atoms with van der Waals surface area (Å²) in [5, 5.41) is 8.69.